The summed E-state index contributed by atoms with van der Waals surface area (Å²) in [6.07, 6.45) is 0. The standard InChI is InChI=1S/C9H7Cl2NO2S/c1-6-7(4-10)2-3-8(5-12)9(6)15(11,13)14/h2-3H,4H2,1H3. The second kappa shape index (κ2) is 4.40. The van der Waals surface area contributed by atoms with E-state index in [1.807, 2.05) is 0 Å². The molecule has 0 aliphatic rings. The van der Waals surface area contributed by atoms with Crippen LogP contribution in [0.25, 0.3) is 0 Å². The Bertz CT molecular complexity index is 532. The number of rotatable bonds is 2. The smallest absolute Gasteiger partial charge is 0.207 e. The molecule has 1 aromatic rings. The first-order chi connectivity index (χ1) is 6.91. The van der Waals surface area contributed by atoms with E-state index in [1.165, 1.54) is 6.07 Å². The van der Waals surface area contributed by atoms with Crippen LogP contribution in [0.2, 0.25) is 0 Å². The van der Waals surface area contributed by atoms with Crippen LogP contribution in [0.5, 0.6) is 0 Å². The van der Waals surface area contributed by atoms with Crippen molar-refractivity contribution in [1.82, 2.24) is 0 Å². The number of hydrogen-bond acceptors (Lipinski definition) is 3. The van der Waals surface area contributed by atoms with Crippen LogP contribution in [-0.4, -0.2) is 8.42 Å². The second-order valence-electron chi connectivity index (χ2n) is 2.91. The zero-order chi connectivity index (χ0) is 11.6. The number of nitrogens with zero attached hydrogens (tertiary/aromatic N) is 1. The van der Waals surface area contributed by atoms with Crippen LogP contribution >= 0.6 is 22.3 Å². The molecule has 0 N–H and O–H groups in total. The molecular weight excluding hydrogens is 257 g/mol. The van der Waals surface area contributed by atoms with Crippen molar-refractivity contribution in [3.05, 3.63) is 28.8 Å². The van der Waals surface area contributed by atoms with Crippen LogP contribution in [0.1, 0.15) is 16.7 Å². The van der Waals surface area contributed by atoms with Gasteiger partial charge < -0.3 is 0 Å². The van der Waals surface area contributed by atoms with Crippen molar-refractivity contribution in [1.29, 1.82) is 5.26 Å². The first kappa shape index (κ1) is 12.3. The molecule has 0 aliphatic heterocycles. The molecule has 15 heavy (non-hydrogen) atoms. The number of hydrogen-bond donors (Lipinski definition) is 0. The molecule has 80 valence electrons. The first-order valence-corrected chi connectivity index (χ1v) is 6.79. The summed E-state index contributed by atoms with van der Waals surface area (Å²) in [5.74, 6) is 0.178. The Balaban J connectivity index is 3.67. The minimum Gasteiger partial charge on any atom is -0.207 e. The third-order valence-electron chi connectivity index (χ3n) is 2.03. The third-order valence-corrected chi connectivity index (χ3v) is 3.79. The van der Waals surface area contributed by atoms with Crippen LogP contribution < -0.4 is 0 Å². The van der Waals surface area contributed by atoms with Crippen LogP contribution in [-0.2, 0) is 14.9 Å². The van der Waals surface area contributed by atoms with Gasteiger partial charge >= 0.3 is 0 Å². The van der Waals surface area contributed by atoms with Gasteiger partial charge in [-0.25, -0.2) is 8.42 Å². The van der Waals surface area contributed by atoms with E-state index in [0.29, 0.717) is 11.1 Å². The van der Waals surface area contributed by atoms with Gasteiger partial charge in [0.2, 0.25) is 0 Å². The van der Waals surface area contributed by atoms with Crippen molar-refractivity contribution in [3.8, 4) is 6.07 Å². The highest BCUT2D eigenvalue weighted by molar-refractivity contribution is 8.13. The van der Waals surface area contributed by atoms with Crippen LogP contribution in [0.15, 0.2) is 17.0 Å². The fraction of sp³-hybridized carbons (Fsp3) is 0.222. The zero-order valence-corrected chi connectivity index (χ0v) is 10.1. The summed E-state index contributed by atoms with van der Waals surface area (Å²) in [7, 11) is 1.34. The summed E-state index contributed by atoms with van der Waals surface area (Å²) < 4.78 is 22.5. The van der Waals surface area contributed by atoms with Gasteiger partial charge in [-0.3, -0.25) is 0 Å². The Labute approximate surface area is 97.7 Å². The lowest BCUT2D eigenvalue weighted by Crippen LogP contribution is -2.01. The van der Waals surface area contributed by atoms with Crippen molar-refractivity contribution in [3.63, 3.8) is 0 Å². The van der Waals surface area contributed by atoms with E-state index in [2.05, 4.69) is 0 Å². The summed E-state index contributed by atoms with van der Waals surface area (Å²) >= 11 is 5.63. The van der Waals surface area contributed by atoms with E-state index in [4.69, 9.17) is 27.5 Å². The van der Waals surface area contributed by atoms with E-state index in [1.54, 1.807) is 19.1 Å². The fourth-order valence-electron chi connectivity index (χ4n) is 1.28. The summed E-state index contributed by atoms with van der Waals surface area (Å²) in [5, 5.41) is 8.76. The summed E-state index contributed by atoms with van der Waals surface area (Å²) in [5.41, 5.74) is 1.12. The van der Waals surface area contributed by atoms with Gasteiger partial charge in [0.05, 0.1) is 5.56 Å². The molecule has 0 unspecified atom stereocenters. The molecule has 0 saturated carbocycles. The maximum absolute atomic E-state index is 11.3. The van der Waals surface area contributed by atoms with Gasteiger partial charge in [0, 0.05) is 16.6 Å². The van der Waals surface area contributed by atoms with Gasteiger partial charge in [-0.05, 0) is 24.1 Å². The zero-order valence-electron chi connectivity index (χ0n) is 7.79. The van der Waals surface area contributed by atoms with Crippen molar-refractivity contribution in [2.75, 3.05) is 0 Å². The molecular formula is C9H7Cl2NO2S. The van der Waals surface area contributed by atoms with Crippen LogP contribution in [0.4, 0.5) is 0 Å². The predicted octanol–water partition coefficient (Wildman–Crippen LogP) is 2.53. The van der Waals surface area contributed by atoms with E-state index >= 15 is 0 Å². The number of alkyl halides is 1. The Hall–Kier alpha value is -0.760. The van der Waals surface area contributed by atoms with Gasteiger partial charge in [-0.1, -0.05) is 6.07 Å². The minimum atomic E-state index is -3.92. The predicted molar refractivity (Wildman–Crippen MR) is 58.5 cm³/mol. The van der Waals surface area contributed by atoms with Crippen molar-refractivity contribution in [2.24, 2.45) is 0 Å². The highest BCUT2D eigenvalue weighted by Crippen LogP contribution is 2.27. The SMILES string of the molecule is Cc1c(CCl)ccc(C#N)c1S(=O)(=O)Cl. The minimum absolute atomic E-state index is 0.0383. The van der Waals surface area contributed by atoms with Crippen molar-refractivity contribution in [2.45, 2.75) is 17.7 Å². The molecule has 0 aromatic heterocycles. The fourth-order valence-corrected chi connectivity index (χ4v) is 3.04. The van der Waals surface area contributed by atoms with E-state index < -0.39 is 9.05 Å². The molecule has 3 nitrogen and oxygen atoms in total. The molecule has 1 aromatic carbocycles. The lowest BCUT2D eigenvalue weighted by Gasteiger charge is -2.08. The number of benzene rings is 1. The summed E-state index contributed by atoms with van der Waals surface area (Å²) in [6.45, 7) is 1.58. The van der Waals surface area contributed by atoms with Gasteiger partial charge in [0.1, 0.15) is 11.0 Å². The van der Waals surface area contributed by atoms with Crippen molar-refractivity contribution < 1.29 is 8.42 Å². The van der Waals surface area contributed by atoms with Gasteiger partial charge in [0.25, 0.3) is 9.05 Å². The highest BCUT2D eigenvalue weighted by atomic mass is 35.7. The highest BCUT2D eigenvalue weighted by Gasteiger charge is 2.20. The maximum atomic E-state index is 11.3. The quantitative estimate of drug-likeness (QED) is 0.609. The Morgan fingerprint density at radius 1 is 1.47 bits per heavy atom. The molecule has 1 rings (SSSR count). The third kappa shape index (κ3) is 2.43. The summed E-state index contributed by atoms with van der Waals surface area (Å²) in [4.78, 5) is -0.148. The van der Waals surface area contributed by atoms with E-state index in [0.717, 1.165) is 0 Å². The Morgan fingerprint density at radius 2 is 2.07 bits per heavy atom. The molecule has 0 heterocycles. The van der Waals surface area contributed by atoms with Gasteiger partial charge in [0.15, 0.2) is 0 Å². The average Bonchev–Trinajstić information content (AvgIpc) is 2.15. The normalized spacial score (nSPS) is 11.1. The van der Waals surface area contributed by atoms with E-state index in [9.17, 15) is 8.42 Å². The molecule has 0 spiro atoms. The molecule has 0 atom stereocenters. The molecule has 0 saturated heterocycles. The van der Waals surface area contributed by atoms with Crippen molar-refractivity contribution >= 4 is 31.3 Å². The molecule has 0 radical (unpaired) electrons. The average molecular weight is 264 g/mol. The lowest BCUT2D eigenvalue weighted by molar-refractivity contribution is 0.608. The van der Waals surface area contributed by atoms with Crippen LogP contribution in [0.3, 0.4) is 0 Å². The number of nitriles is 1. The second-order valence-corrected chi connectivity index (χ2v) is 5.68. The molecule has 6 heteroatoms. The van der Waals surface area contributed by atoms with Crippen LogP contribution in [0, 0.1) is 18.3 Å². The lowest BCUT2D eigenvalue weighted by atomic mass is 10.1. The molecule has 0 aliphatic carbocycles. The maximum Gasteiger partial charge on any atom is 0.262 e. The summed E-state index contributed by atoms with van der Waals surface area (Å²) in [6, 6.07) is 4.81. The first-order valence-electron chi connectivity index (χ1n) is 3.95. The topological polar surface area (TPSA) is 57.9 Å². The largest absolute Gasteiger partial charge is 0.262 e. The van der Waals surface area contributed by atoms with E-state index in [-0.39, 0.29) is 16.3 Å². The van der Waals surface area contributed by atoms with Gasteiger partial charge in [-0.2, -0.15) is 5.26 Å². The molecule has 0 fully saturated rings. The Kier molecular flexibility index (Phi) is 3.61. The Morgan fingerprint density at radius 3 is 2.47 bits per heavy atom. The number of halogens is 2. The monoisotopic (exact) mass is 263 g/mol. The molecule has 0 amide bonds. The molecule has 0 bridgehead atoms. The van der Waals surface area contributed by atoms with Gasteiger partial charge in [-0.15, -0.1) is 11.6 Å².